The van der Waals surface area contributed by atoms with E-state index in [0.717, 1.165) is 14.6 Å². The number of hydrogen-bond acceptors (Lipinski definition) is 1. The Kier molecular flexibility index (Phi) is 5.50. The molecule has 0 spiro atoms. The maximum atomic E-state index is 12.1. The Balaban J connectivity index is 1.97. The molecule has 98 valence electrons. The number of nitrogens with one attached hydrogen (secondary N) is 1. The maximum Gasteiger partial charge on any atom is 0.252 e. The van der Waals surface area contributed by atoms with E-state index < -0.39 is 0 Å². The molecular weight excluding hydrogens is 473 g/mol. The van der Waals surface area contributed by atoms with Crippen molar-refractivity contribution in [1.82, 2.24) is 5.32 Å². The minimum Gasteiger partial charge on any atom is -0.352 e. The van der Waals surface area contributed by atoms with Crippen molar-refractivity contribution in [1.29, 1.82) is 0 Å². The molecule has 1 saturated carbocycles. The fourth-order valence-corrected chi connectivity index (χ4v) is 3.90. The molecule has 1 aromatic carbocycles. The van der Waals surface area contributed by atoms with Crippen LogP contribution in [-0.4, -0.2) is 17.3 Å². The van der Waals surface area contributed by atoms with Gasteiger partial charge in [0.2, 0.25) is 0 Å². The third kappa shape index (κ3) is 3.70. The van der Waals surface area contributed by atoms with Crippen LogP contribution in [0.1, 0.15) is 29.6 Å². The number of halogens is 3. The number of carbonyl (C=O) groups excluding carboxylic acids is 1. The zero-order chi connectivity index (χ0) is 13.1. The van der Waals surface area contributed by atoms with Gasteiger partial charge in [0.1, 0.15) is 0 Å². The van der Waals surface area contributed by atoms with Crippen molar-refractivity contribution in [3.8, 4) is 0 Å². The Bertz CT molecular complexity index is 453. The van der Waals surface area contributed by atoms with E-state index >= 15 is 0 Å². The van der Waals surface area contributed by atoms with Crippen LogP contribution in [0.4, 0.5) is 0 Å². The summed E-state index contributed by atoms with van der Waals surface area (Å²) in [6.07, 6.45) is 3.67. The quantitative estimate of drug-likeness (QED) is 0.499. The topological polar surface area (TPSA) is 29.1 Å². The van der Waals surface area contributed by atoms with E-state index in [1.54, 1.807) is 0 Å². The molecule has 1 fully saturated rings. The van der Waals surface area contributed by atoms with Gasteiger partial charge in [-0.2, -0.15) is 0 Å². The summed E-state index contributed by atoms with van der Waals surface area (Å²) in [6, 6.07) is 5.80. The lowest BCUT2D eigenvalue weighted by molar-refractivity contribution is 0.0947. The van der Waals surface area contributed by atoms with Gasteiger partial charge in [0, 0.05) is 19.4 Å². The summed E-state index contributed by atoms with van der Waals surface area (Å²) in [5.74, 6) is 0.572. The molecule has 0 saturated heterocycles. The summed E-state index contributed by atoms with van der Waals surface area (Å²) in [7, 11) is 0. The summed E-state index contributed by atoms with van der Waals surface area (Å²) >= 11 is 9.32. The second-order valence-corrected chi connectivity index (χ2v) is 7.82. The lowest BCUT2D eigenvalue weighted by atomic mass is 10.1. The van der Waals surface area contributed by atoms with Gasteiger partial charge < -0.3 is 5.32 Å². The molecule has 1 aliphatic rings. The highest BCUT2D eigenvalue weighted by molar-refractivity contribution is 14.1. The van der Waals surface area contributed by atoms with Crippen LogP contribution in [-0.2, 0) is 0 Å². The van der Waals surface area contributed by atoms with Crippen molar-refractivity contribution in [2.75, 3.05) is 6.54 Å². The Morgan fingerprint density at radius 3 is 2.89 bits per heavy atom. The highest BCUT2D eigenvalue weighted by atomic mass is 127. The first-order chi connectivity index (χ1) is 8.58. The summed E-state index contributed by atoms with van der Waals surface area (Å²) in [6.45, 7) is 0.757. The van der Waals surface area contributed by atoms with Crippen molar-refractivity contribution in [2.45, 2.75) is 24.1 Å². The van der Waals surface area contributed by atoms with Gasteiger partial charge in [-0.3, -0.25) is 4.79 Å². The fourth-order valence-electron chi connectivity index (χ4n) is 2.21. The smallest absolute Gasteiger partial charge is 0.252 e. The van der Waals surface area contributed by atoms with Crippen LogP contribution in [0.3, 0.4) is 0 Å². The molecule has 2 unspecified atom stereocenters. The third-order valence-electron chi connectivity index (χ3n) is 3.26. The average Bonchev–Trinajstić information content (AvgIpc) is 2.75. The van der Waals surface area contributed by atoms with Gasteiger partial charge in [0.25, 0.3) is 5.91 Å². The molecule has 1 amide bonds. The van der Waals surface area contributed by atoms with E-state index in [1.807, 2.05) is 18.2 Å². The van der Waals surface area contributed by atoms with Gasteiger partial charge in [-0.1, -0.05) is 22.4 Å². The summed E-state index contributed by atoms with van der Waals surface area (Å²) in [4.78, 5) is 12.7. The largest absolute Gasteiger partial charge is 0.352 e. The zero-order valence-electron chi connectivity index (χ0n) is 9.76. The first-order valence-electron chi connectivity index (χ1n) is 5.95. The molecule has 2 atom stereocenters. The Labute approximate surface area is 138 Å². The predicted molar refractivity (Wildman–Crippen MR) is 89.2 cm³/mol. The molecule has 18 heavy (non-hydrogen) atoms. The van der Waals surface area contributed by atoms with Gasteiger partial charge in [0.05, 0.1) is 5.56 Å². The normalized spacial score (nSPS) is 23.1. The highest BCUT2D eigenvalue weighted by Crippen LogP contribution is 2.31. The second-order valence-electron chi connectivity index (χ2n) is 4.54. The van der Waals surface area contributed by atoms with E-state index in [1.165, 1.54) is 19.3 Å². The summed E-state index contributed by atoms with van der Waals surface area (Å²) in [5, 5.41) is 3.04. The van der Waals surface area contributed by atoms with E-state index in [-0.39, 0.29) is 5.91 Å². The predicted octanol–water partition coefficient (Wildman–Crippen LogP) is 4.35. The first-order valence-corrected chi connectivity index (χ1v) is 8.74. The van der Waals surface area contributed by atoms with E-state index in [9.17, 15) is 4.79 Å². The van der Waals surface area contributed by atoms with Crippen molar-refractivity contribution < 1.29 is 4.79 Å². The molecule has 1 N–H and O–H groups in total. The molecule has 2 rings (SSSR count). The molecule has 0 aliphatic heterocycles. The lowest BCUT2D eigenvalue weighted by Gasteiger charge is -2.15. The van der Waals surface area contributed by atoms with Crippen molar-refractivity contribution in [3.63, 3.8) is 0 Å². The number of alkyl halides is 1. The monoisotopic (exact) mass is 485 g/mol. The minimum absolute atomic E-state index is 0.00647. The van der Waals surface area contributed by atoms with Crippen LogP contribution in [0.15, 0.2) is 22.7 Å². The number of hydrogen-bond donors (Lipinski definition) is 1. The number of amides is 1. The van der Waals surface area contributed by atoms with Crippen LogP contribution < -0.4 is 5.32 Å². The standard InChI is InChI=1S/C13H14Br2INO/c14-11-3-1-2-8(11)7-17-13(18)10-6-9(16)4-5-12(10)15/h4-6,8,11H,1-3,7H2,(H,17,18). The van der Waals surface area contributed by atoms with Gasteiger partial charge in [0.15, 0.2) is 0 Å². The molecule has 2 nitrogen and oxygen atoms in total. The van der Waals surface area contributed by atoms with Crippen LogP contribution in [0.2, 0.25) is 0 Å². The molecule has 1 aromatic rings. The van der Waals surface area contributed by atoms with Crippen LogP contribution in [0.5, 0.6) is 0 Å². The van der Waals surface area contributed by atoms with E-state index in [2.05, 4.69) is 59.8 Å². The van der Waals surface area contributed by atoms with E-state index in [0.29, 0.717) is 16.3 Å². The van der Waals surface area contributed by atoms with Crippen LogP contribution in [0.25, 0.3) is 0 Å². The number of carbonyl (C=O) groups is 1. The third-order valence-corrected chi connectivity index (χ3v) is 5.83. The molecule has 0 bridgehead atoms. The van der Waals surface area contributed by atoms with Gasteiger partial charge in [-0.25, -0.2) is 0 Å². The summed E-state index contributed by atoms with van der Waals surface area (Å²) < 4.78 is 1.92. The zero-order valence-corrected chi connectivity index (χ0v) is 15.1. The Morgan fingerprint density at radius 2 is 2.22 bits per heavy atom. The molecule has 0 heterocycles. The second kappa shape index (κ2) is 6.70. The molecule has 1 aliphatic carbocycles. The SMILES string of the molecule is O=C(NCC1CCCC1Br)c1cc(I)ccc1Br. The molecule has 5 heteroatoms. The first kappa shape index (κ1) is 14.8. The fraction of sp³-hybridized carbons (Fsp3) is 0.462. The lowest BCUT2D eigenvalue weighted by Crippen LogP contribution is -2.31. The van der Waals surface area contributed by atoms with Crippen molar-refractivity contribution >= 4 is 60.4 Å². The van der Waals surface area contributed by atoms with Crippen LogP contribution in [0, 0.1) is 9.49 Å². The van der Waals surface area contributed by atoms with Crippen molar-refractivity contribution in [2.24, 2.45) is 5.92 Å². The number of benzene rings is 1. The average molecular weight is 487 g/mol. The van der Waals surface area contributed by atoms with E-state index in [4.69, 9.17) is 0 Å². The molecular formula is C13H14Br2INO. The molecule has 0 radical (unpaired) electrons. The summed E-state index contributed by atoms with van der Waals surface area (Å²) in [5.41, 5.74) is 0.714. The maximum absolute atomic E-state index is 12.1. The molecule has 0 aromatic heterocycles. The van der Waals surface area contributed by atoms with Gasteiger partial charge >= 0.3 is 0 Å². The Morgan fingerprint density at radius 1 is 1.44 bits per heavy atom. The van der Waals surface area contributed by atoms with Crippen LogP contribution >= 0.6 is 54.5 Å². The van der Waals surface area contributed by atoms with Gasteiger partial charge in [-0.05, 0) is 75.5 Å². The Hall–Kier alpha value is 0.380. The minimum atomic E-state index is 0.00647. The highest BCUT2D eigenvalue weighted by Gasteiger charge is 2.25. The van der Waals surface area contributed by atoms with Gasteiger partial charge in [-0.15, -0.1) is 0 Å². The van der Waals surface area contributed by atoms with Crippen molar-refractivity contribution in [3.05, 3.63) is 31.8 Å². The number of rotatable bonds is 3.